The number of urea groups is 1. The zero-order valence-corrected chi connectivity index (χ0v) is 11.8. The third-order valence-corrected chi connectivity index (χ3v) is 4.33. The SMILES string of the molecule is CCC(C)(CNC(=O)N(CC1CC1)C1CC1)C(=O)O. The predicted molar refractivity (Wildman–Crippen MR) is 71.9 cm³/mol. The molecule has 1 atom stereocenters. The number of aliphatic carboxylic acids is 1. The highest BCUT2D eigenvalue weighted by Gasteiger charge is 2.38. The predicted octanol–water partition coefficient (Wildman–Crippen LogP) is 2.07. The highest BCUT2D eigenvalue weighted by atomic mass is 16.4. The van der Waals surface area contributed by atoms with E-state index in [2.05, 4.69) is 5.32 Å². The van der Waals surface area contributed by atoms with E-state index in [1.165, 1.54) is 12.8 Å². The molecule has 2 saturated carbocycles. The third kappa shape index (κ3) is 3.61. The van der Waals surface area contributed by atoms with Gasteiger partial charge in [-0.15, -0.1) is 0 Å². The van der Waals surface area contributed by atoms with E-state index in [4.69, 9.17) is 0 Å². The van der Waals surface area contributed by atoms with Crippen LogP contribution in [0.15, 0.2) is 0 Å². The number of hydrogen-bond donors (Lipinski definition) is 2. The highest BCUT2D eigenvalue weighted by Crippen LogP contribution is 2.34. The average Bonchev–Trinajstić information content (AvgIpc) is 3.25. The van der Waals surface area contributed by atoms with Crippen LogP contribution in [-0.2, 0) is 4.79 Å². The van der Waals surface area contributed by atoms with Crippen molar-refractivity contribution in [3.05, 3.63) is 0 Å². The molecule has 19 heavy (non-hydrogen) atoms. The molecule has 108 valence electrons. The molecule has 0 saturated heterocycles. The Morgan fingerprint density at radius 1 is 1.32 bits per heavy atom. The van der Waals surface area contributed by atoms with Crippen LogP contribution in [0.5, 0.6) is 0 Å². The fraction of sp³-hybridized carbons (Fsp3) is 0.857. The molecule has 2 rings (SSSR count). The van der Waals surface area contributed by atoms with E-state index in [0.717, 1.165) is 19.4 Å². The first-order valence-corrected chi connectivity index (χ1v) is 7.24. The van der Waals surface area contributed by atoms with E-state index >= 15 is 0 Å². The molecule has 0 bridgehead atoms. The largest absolute Gasteiger partial charge is 0.481 e. The zero-order chi connectivity index (χ0) is 14.0. The minimum absolute atomic E-state index is 0.0877. The second kappa shape index (κ2) is 5.39. The maximum atomic E-state index is 12.2. The topological polar surface area (TPSA) is 69.6 Å². The third-order valence-electron chi connectivity index (χ3n) is 4.33. The summed E-state index contributed by atoms with van der Waals surface area (Å²) in [5, 5.41) is 12.0. The van der Waals surface area contributed by atoms with Gasteiger partial charge in [0.1, 0.15) is 0 Å². The number of amides is 2. The fourth-order valence-electron chi connectivity index (χ4n) is 2.09. The number of carbonyl (C=O) groups is 2. The van der Waals surface area contributed by atoms with Crippen LogP contribution < -0.4 is 5.32 Å². The molecule has 2 aliphatic carbocycles. The van der Waals surface area contributed by atoms with E-state index in [9.17, 15) is 14.7 Å². The van der Waals surface area contributed by atoms with Crippen molar-refractivity contribution in [1.29, 1.82) is 0 Å². The fourth-order valence-corrected chi connectivity index (χ4v) is 2.09. The summed E-state index contributed by atoms with van der Waals surface area (Å²) in [7, 11) is 0. The monoisotopic (exact) mass is 268 g/mol. The van der Waals surface area contributed by atoms with Gasteiger partial charge >= 0.3 is 12.0 Å². The summed E-state index contributed by atoms with van der Waals surface area (Å²) in [5.74, 6) is -0.182. The highest BCUT2D eigenvalue weighted by molar-refractivity contribution is 5.78. The molecule has 0 aromatic heterocycles. The van der Waals surface area contributed by atoms with Gasteiger partial charge in [0.05, 0.1) is 5.41 Å². The number of rotatable bonds is 7. The molecule has 0 aromatic rings. The summed E-state index contributed by atoms with van der Waals surface area (Å²) in [4.78, 5) is 25.3. The van der Waals surface area contributed by atoms with Gasteiger partial charge in [-0.1, -0.05) is 6.92 Å². The van der Waals surface area contributed by atoms with Gasteiger partial charge in [0.15, 0.2) is 0 Å². The molecule has 0 aliphatic heterocycles. The van der Waals surface area contributed by atoms with Crippen LogP contribution in [-0.4, -0.2) is 41.1 Å². The van der Waals surface area contributed by atoms with Crippen molar-refractivity contribution in [1.82, 2.24) is 10.2 Å². The molecular formula is C14H24N2O3. The van der Waals surface area contributed by atoms with Gasteiger partial charge in [-0.05, 0) is 44.9 Å². The molecular weight excluding hydrogens is 244 g/mol. The summed E-state index contributed by atoms with van der Waals surface area (Å²) in [6, 6.07) is 0.300. The minimum atomic E-state index is -0.871. The molecule has 5 heteroatoms. The summed E-state index contributed by atoms with van der Waals surface area (Å²) in [6.45, 7) is 4.55. The minimum Gasteiger partial charge on any atom is -0.481 e. The van der Waals surface area contributed by atoms with Crippen molar-refractivity contribution in [2.45, 2.75) is 52.0 Å². The van der Waals surface area contributed by atoms with Gasteiger partial charge in [-0.2, -0.15) is 0 Å². The first-order chi connectivity index (χ1) is 8.96. The zero-order valence-electron chi connectivity index (χ0n) is 11.8. The van der Waals surface area contributed by atoms with Crippen LogP contribution in [0.25, 0.3) is 0 Å². The average molecular weight is 268 g/mol. The lowest BCUT2D eigenvalue weighted by molar-refractivity contribution is -0.147. The number of carboxylic acids is 1. The molecule has 2 amide bonds. The smallest absolute Gasteiger partial charge is 0.317 e. The molecule has 0 radical (unpaired) electrons. The Kier molecular flexibility index (Phi) is 4.02. The Bertz CT molecular complexity index is 364. The van der Waals surface area contributed by atoms with Gasteiger partial charge in [-0.25, -0.2) is 4.79 Å². The van der Waals surface area contributed by atoms with Crippen molar-refractivity contribution in [2.24, 2.45) is 11.3 Å². The molecule has 5 nitrogen and oxygen atoms in total. The molecule has 2 N–H and O–H groups in total. The molecule has 0 aromatic carbocycles. The number of carboxylic acid groups (broad SMARTS) is 1. The second-order valence-corrected chi connectivity index (χ2v) is 6.20. The van der Waals surface area contributed by atoms with Crippen LogP contribution >= 0.6 is 0 Å². The van der Waals surface area contributed by atoms with Crippen molar-refractivity contribution >= 4 is 12.0 Å². The van der Waals surface area contributed by atoms with Gasteiger partial charge < -0.3 is 15.3 Å². The Morgan fingerprint density at radius 2 is 1.95 bits per heavy atom. The molecule has 1 unspecified atom stereocenters. The van der Waals surface area contributed by atoms with Gasteiger partial charge in [-0.3, -0.25) is 4.79 Å². The number of hydrogen-bond acceptors (Lipinski definition) is 2. The van der Waals surface area contributed by atoms with Crippen molar-refractivity contribution in [2.75, 3.05) is 13.1 Å². The maximum Gasteiger partial charge on any atom is 0.317 e. The molecule has 2 fully saturated rings. The molecule has 0 spiro atoms. The molecule has 2 aliphatic rings. The Morgan fingerprint density at radius 3 is 2.37 bits per heavy atom. The summed E-state index contributed by atoms with van der Waals surface area (Å²) < 4.78 is 0. The number of carbonyl (C=O) groups excluding carboxylic acids is 1. The summed E-state index contributed by atoms with van der Waals surface area (Å²) in [5.41, 5.74) is -0.871. The van der Waals surface area contributed by atoms with Crippen molar-refractivity contribution < 1.29 is 14.7 Å². The Hall–Kier alpha value is -1.26. The Labute approximate surface area is 114 Å². The maximum absolute atomic E-state index is 12.2. The number of nitrogens with zero attached hydrogens (tertiary/aromatic N) is 1. The summed E-state index contributed by atoms with van der Waals surface area (Å²) >= 11 is 0. The van der Waals surface area contributed by atoms with Crippen LogP contribution in [0, 0.1) is 11.3 Å². The van der Waals surface area contributed by atoms with Crippen LogP contribution in [0.2, 0.25) is 0 Å². The lowest BCUT2D eigenvalue weighted by Crippen LogP contribution is -2.47. The van der Waals surface area contributed by atoms with Crippen molar-refractivity contribution in [3.8, 4) is 0 Å². The van der Waals surface area contributed by atoms with E-state index < -0.39 is 11.4 Å². The van der Waals surface area contributed by atoms with Crippen LogP contribution in [0.1, 0.15) is 46.0 Å². The van der Waals surface area contributed by atoms with Gasteiger partial charge in [0, 0.05) is 19.1 Å². The summed E-state index contributed by atoms with van der Waals surface area (Å²) in [6.07, 6.45) is 5.12. The second-order valence-electron chi connectivity index (χ2n) is 6.20. The lowest BCUT2D eigenvalue weighted by atomic mass is 9.88. The van der Waals surface area contributed by atoms with E-state index in [1.54, 1.807) is 6.92 Å². The van der Waals surface area contributed by atoms with E-state index in [0.29, 0.717) is 18.4 Å². The van der Waals surface area contributed by atoms with Gasteiger partial charge in [0.25, 0.3) is 0 Å². The van der Waals surface area contributed by atoms with Crippen LogP contribution in [0.4, 0.5) is 4.79 Å². The lowest BCUT2D eigenvalue weighted by Gasteiger charge is -2.27. The van der Waals surface area contributed by atoms with Crippen LogP contribution in [0.3, 0.4) is 0 Å². The molecule has 0 heterocycles. The normalized spacial score (nSPS) is 21.6. The number of nitrogens with one attached hydrogen (secondary N) is 1. The van der Waals surface area contributed by atoms with Crippen molar-refractivity contribution in [3.63, 3.8) is 0 Å². The Balaban J connectivity index is 1.85. The first-order valence-electron chi connectivity index (χ1n) is 7.24. The standard InChI is InChI=1S/C14H24N2O3/c1-3-14(2,12(17)18)9-15-13(19)16(11-6-7-11)8-10-4-5-10/h10-11H,3-9H2,1-2H3,(H,15,19)(H,17,18). The quantitative estimate of drug-likeness (QED) is 0.742. The van der Waals surface area contributed by atoms with E-state index in [-0.39, 0.29) is 12.6 Å². The first kappa shape index (κ1) is 14.2. The van der Waals surface area contributed by atoms with Gasteiger partial charge in [0.2, 0.25) is 0 Å². The van der Waals surface area contributed by atoms with E-state index in [1.807, 2.05) is 11.8 Å².